The largest absolute Gasteiger partial charge is 0.507 e. The Bertz CT molecular complexity index is 428. The van der Waals surface area contributed by atoms with Crippen molar-refractivity contribution in [2.75, 3.05) is 0 Å². The molecule has 1 nitrogen and oxygen atoms in total. The maximum Gasteiger partial charge on any atom is 0.126 e. The van der Waals surface area contributed by atoms with E-state index in [4.69, 9.17) is 0 Å². The molecule has 0 aliphatic heterocycles. The highest BCUT2D eigenvalue weighted by molar-refractivity contribution is 5.61. The van der Waals surface area contributed by atoms with E-state index < -0.39 is 0 Å². The minimum Gasteiger partial charge on any atom is -0.507 e. The Morgan fingerprint density at radius 2 is 1.53 bits per heavy atom. The summed E-state index contributed by atoms with van der Waals surface area (Å²) < 4.78 is 0. The third-order valence-electron chi connectivity index (χ3n) is 3.03. The maximum atomic E-state index is 10.2. The van der Waals surface area contributed by atoms with Crippen molar-refractivity contribution >= 4 is 6.08 Å². The lowest BCUT2D eigenvalue weighted by molar-refractivity contribution is 0.443. The highest BCUT2D eigenvalue weighted by Gasteiger charge is 2.23. The summed E-state index contributed by atoms with van der Waals surface area (Å²) in [5.74, 6) is 0.362. The molecule has 94 valence electrons. The second kappa shape index (κ2) is 4.21. The van der Waals surface area contributed by atoms with Gasteiger partial charge < -0.3 is 5.11 Å². The predicted molar refractivity (Wildman–Crippen MR) is 75.6 cm³/mol. The molecule has 0 amide bonds. The van der Waals surface area contributed by atoms with E-state index in [0.717, 1.165) is 11.1 Å². The van der Waals surface area contributed by atoms with Crippen LogP contribution in [0.1, 0.15) is 58.2 Å². The number of rotatable bonds is 1. The topological polar surface area (TPSA) is 20.2 Å². The van der Waals surface area contributed by atoms with Gasteiger partial charge in [-0.15, -0.1) is 0 Å². The van der Waals surface area contributed by atoms with Crippen LogP contribution in [-0.2, 0) is 10.8 Å². The lowest BCUT2D eigenvalue weighted by Gasteiger charge is -2.27. The van der Waals surface area contributed by atoms with Crippen LogP contribution in [0.4, 0.5) is 0 Å². The molecule has 1 aromatic rings. The fourth-order valence-electron chi connectivity index (χ4n) is 1.82. The molecule has 1 N–H and O–H groups in total. The Balaban J connectivity index is 3.56. The molecule has 0 saturated carbocycles. The van der Waals surface area contributed by atoms with Crippen molar-refractivity contribution in [1.29, 1.82) is 0 Å². The van der Waals surface area contributed by atoms with Crippen LogP contribution in [0, 0.1) is 0 Å². The second-order valence-corrected chi connectivity index (χ2v) is 6.67. The lowest BCUT2D eigenvalue weighted by atomic mass is 9.79. The molecule has 0 atom stereocenters. The van der Waals surface area contributed by atoms with E-state index in [2.05, 4.69) is 54.2 Å². The van der Waals surface area contributed by atoms with Crippen LogP contribution in [0.15, 0.2) is 18.7 Å². The first-order valence-electron chi connectivity index (χ1n) is 6.08. The van der Waals surface area contributed by atoms with Crippen molar-refractivity contribution in [1.82, 2.24) is 0 Å². The summed E-state index contributed by atoms with van der Waals surface area (Å²) in [5, 5.41) is 10.2. The average molecular weight is 232 g/mol. The molecule has 17 heavy (non-hydrogen) atoms. The van der Waals surface area contributed by atoms with Crippen molar-refractivity contribution in [3.05, 3.63) is 35.4 Å². The Kier molecular flexibility index (Phi) is 3.42. The minimum absolute atomic E-state index is 0.0664. The molecule has 1 aromatic carbocycles. The fraction of sp³-hybridized carbons (Fsp3) is 0.500. The van der Waals surface area contributed by atoms with Crippen LogP contribution in [0.5, 0.6) is 5.75 Å². The highest BCUT2D eigenvalue weighted by Crippen LogP contribution is 2.37. The summed E-state index contributed by atoms with van der Waals surface area (Å²) in [6, 6.07) is 4.14. The zero-order chi connectivity index (χ0) is 13.4. The fourth-order valence-corrected chi connectivity index (χ4v) is 1.82. The molecule has 0 aliphatic carbocycles. The molecule has 1 rings (SSSR count). The van der Waals surface area contributed by atoms with Gasteiger partial charge in [0.15, 0.2) is 0 Å². The van der Waals surface area contributed by atoms with Crippen LogP contribution in [0.3, 0.4) is 0 Å². The molecular formula is C16H24O. The van der Waals surface area contributed by atoms with Gasteiger partial charge in [0.25, 0.3) is 0 Å². The zero-order valence-corrected chi connectivity index (χ0v) is 11.9. The third-order valence-corrected chi connectivity index (χ3v) is 3.03. The van der Waals surface area contributed by atoms with Crippen molar-refractivity contribution in [2.45, 2.75) is 52.4 Å². The molecule has 0 radical (unpaired) electrons. The van der Waals surface area contributed by atoms with E-state index >= 15 is 0 Å². The standard InChI is InChI=1S/C16H24O/c1-8-11-9-12(15(2,3)4)10-13(14(11)17)16(5,6)7/h8-10,17H,1H2,2-7H3. The first-order valence-corrected chi connectivity index (χ1v) is 6.08. The molecular weight excluding hydrogens is 208 g/mol. The van der Waals surface area contributed by atoms with E-state index in [0.29, 0.717) is 5.75 Å². The van der Waals surface area contributed by atoms with Gasteiger partial charge in [-0.25, -0.2) is 0 Å². The number of benzene rings is 1. The zero-order valence-electron chi connectivity index (χ0n) is 11.9. The first-order chi connectivity index (χ1) is 7.57. The van der Waals surface area contributed by atoms with Gasteiger partial charge in [0.05, 0.1) is 0 Å². The highest BCUT2D eigenvalue weighted by atomic mass is 16.3. The summed E-state index contributed by atoms with van der Waals surface area (Å²) in [7, 11) is 0. The maximum absolute atomic E-state index is 10.2. The van der Waals surface area contributed by atoms with E-state index in [1.54, 1.807) is 6.08 Å². The van der Waals surface area contributed by atoms with Gasteiger partial charge >= 0.3 is 0 Å². The van der Waals surface area contributed by atoms with E-state index in [1.807, 2.05) is 6.07 Å². The first kappa shape index (κ1) is 13.8. The number of phenolic OH excluding ortho intramolecular Hbond substituents is 1. The molecule has 1 heteroatoms. The van der Waals surface area contributed by atoms with Gasteiger partial charge in [0.1, 0.15) is 5.75 Å². The predicted octanol–water partition coefficient (Wildman–Crippen LogP) is 4.63. The van der Waals surface area contributed by atoms with Crippen molar-refractivity contribution < 1.29 is 5.11 Å². The van der Waals surface area contributed by atoms with Crippen molar-refractivity contribution in [2.24, 2.45) is 0 Å². The SMILES string of the molecule is C=Cc1cc(C(C)(C)C)cc(C(C)(C)C)c1O. The molecule has 0 heterocycles. The van der Waals surface area contributed by atoms with Crippen molar-refractivity contribution in [3.63, 3.8) is 0 Å². The Morgan fingerprint density at radius 3 is 1.88 bits per heavy atom. The van der Waals surface area contributed by atoms with Gasteiger partial charge in [-0.1, -0.05) is 60.3 Å². The smallest absolute Gasteiger partial charge is 0.126 e. The number of aromatic hydroxyl groups is 1. The van der Waals surface area contributed by atoms with Crippen LogP contribution in [0.2, 0.25) is 0 Å². The van der Waals surface area contributed by atoms with Gasteiger partial charge in [-0.05, 0) is 22.5 Å². The molecule has 0 bridgehead atoms. The molecule has 0 unspecified atom stereocenters. The molecule has 0 saturated heterocycles. The summed E-state index contributed by atoms with van der Waals surface area (Å²) >= 11 is 0. The molecule has 0 fully saturated rings. The number of hydrogen-bond acceptors (Lipinski definition) is 1. The van der Waals surface area contributed by atoms with E-state index in [-0.39, 0.29) is 10.8 Å². The third kappa shape index (κ3) is 2.91. The monoisotopic (exact) mass is 232 g/mol. The normalized spacial score (nSPS) is 12.6. The van der Waals surface area contributed by atoms with Gasteiger partial charge in [0, 0.05) is 11.1 Å². The van der Waals surface area contributed by atoms with Gasteiger partial charge in [-0.2, -0.15) is 0 Å². The van der Waals surface area contributed by atoms with Crippen LogP contribution < -0.4 is 0 Å². The minimum atomic E-state index is -0.0664. The molecule has 0 spiro atoms. The lowest BCUT2D eigenvalue weighted by Crippen LogP contribution is -2.17. The van der Waals surface area contributed by atoms with Gasteiger partial charge in [0.2, 0.25) is 0 Å². The van der Waals surface area contributed by atoms with Crippen LogP contribution in [0.25, 0.3) is 6.08 Å². The number of phenols is 1. The number of hydrogen-bond donors (Lipinski definition) is 1. The van der Waals surface area contributed by atoms with E-state index in [9.17, 15) is 5.11 Å². The molecule has 0 aromatic heterocycles. The molecule has 0 aliphatic rings. The summed E-state index contributed by atoms with van der Waals surface area (Å²) in [6.45, 7) is 16.7. The second-order valence-electron chi connectivity index (χ2n) is 6.67. The van der Waals surface area contributed by atoms with Gasteiger partial charge in [-0.3, -0.25) is 0 Å². The quantitative estimate of drug-likeness (QED) is 0.748. The summed E-state index contributed by atoms with van der Waals surface area (Å²) in [4.78, 5) is 0. The van der Waals surface area contributed by atoms with Crippen molar-refractivity contribution in [3.8, 4) is 5.75 Å². The van der Waals surface area contributed by atoms with E-state index in [1.165, 1.54) is 5.56 Å². The Hall–Kier alpha value is -1.24. The summed E-state index contributed by atoms with van der Waals surface area (Å²) in [5.41, 5.74) is 3.05. The van der Waals surface area contributed by atoms with Crippen LogP contribution >= 0.6 is 0 Å². The Morgan fingerprint density at radius 1 is 1.00 bits per heavy atom. The van der Waals surface area contributed by atoms with Crippen LogP contribution in [-0.4, -0.2) is 5.11 Å². The Labute approximate surface area is 105 Å². The average Bonchev–Trinajstić information content (AvgIpc) is 2.14. The summed E-state index contributed by atoms with van der Waals surface area (Å²) in [6.07, 6.45) is 1.72.